The lowest BCUT2D eigenvalue weighted by atomic mass is 10.1. The van der Waals surface area contributed by atoms with Gasteiger partial charge in [-0.25, -0.2) is 0 Å². The van der Waals surface area contributed by atoms with Gasteiger partial charge in [-0.05, 0) is 22.6 Å². The van der Waals surface area contributed by atoms with Crippen LogP contribution in [-0.4, -0.2) is 21.8 Å². The molecule has 0 aliphatic carbocycles. The first kappa shape index (κ1) is 16.9. The van der Waals surface area contributed by atoms with E-state index in [1.807, 2.05) is 18.2 Å². The summed E-state index contributed by atoms with van der Waals surface area (Å²) in [6.07, 6.45) is 0. The van der Waals surface area contributed by atoms with Crippen LogP contribution in [0.25, 0.3) is 0 Å². The Bertz CT molecular complexity index is 433. The minimum Gasteiger partial charge on any atom is -0.379 e. The zero-order valence-corrected chi connectivity index (χ0v) is 13.6. The maximum Gasteiger partial charge on any atom is 0.154 e. The van der Waals surface area contributed by atoms with E-state index in [2.05, 4.69) is 29.9 Å². The Kier molecular flexibility index (Phi) is 8.22. The van der Waals surface area contributed by atoms with Crippen molar-refractivity contribution < 1.29 is 0 Å². The van der Waals surface area contributed by atoms with Gasteiger partial charge in [0.15, 0.2) is 10.3 Å². The fraction of sp³-hybridized carbons (Fsp3) is 0.429. The summed E-state index contributed by atoms with van der Waals surface area (Å²) in [5.41, 5.74) is 13.8. The van der Waals surface area contributed by atoms with Crippen LogP contribution in [0.1, 0.15) is 25.0 Å². The summed E-state index contributed by atoms with van der Waals surface area (Å²) in [7, 11) is 0. The smallest absolute Gasteiger partial charge is 0.154 e. The Labute approximate surface area is 129 Å². The molecule has 20 heavy (non-hydrogen) atoms. The van der Waals surface area contributed by atoms with Crippen LogP contribution in [0.15, 0.2) is 34.3 Å². The van der Waals surface area contributed by atoms with Crippen molar-refractivity contribution in [2.45, 2.75) is 26.9 Å². The zero-order chi connectivity index (χ0) is 14.8. The summed E-state index contributed by atoms with van der Waals surface area (Å²) in [6, 6.07) is 8.21. The maximum atomic E-state index is 5.77. The van der Waals surface area contributed by atoms with E-state index in [4.69, 9.17) is 11.5 Å². The molecule has 1 rings (SSSR count). The third-order valence-corrected chi connectivity index (χ3v) is 3.84. The second kappa shape index (κ2) is 9.72. The van der Waals surface area contributed by atoms with E-state index in [1.165, 1.54) is 0 Å². The predicted octanol–water partition coefficient (Wildman–Crippen LogP) is 2.82. The van der Waals surface area contributed by atoms with Crippen LogP contribution in [0, 0.1) is 0 Å². The Morgan fingerprint density at radius 2 is 1.40 bits per heavy atom. The molecule has 0 aliphatic rings. The van der Waals surface area contributed by atoms with Crippen LogP contribution >= 0.6 is 23.5 Å². The van der Waals surface area contributed by atoms with Crippen molar-refractivity contribution in [2.75, 3.05) is 11.5 Å². The van der Waals surface area contributed by atoms with Gasteiger partial charge in [-0.3, -0.25) is 9.98 Å². The van der Waals surface area contributed by atoms with E-state index in [0.29, 0.717) is 23.4 Å². The van der Waals surface area contributed by atoms with Crippen molar-refractivity contribution in [3.8, 4) is 0 Å². The molecule has 0 fully saturated rings. The summed E-state index contributed by atoms with van der Waals surface area (Å²) >= 11 is 3.12. The number of amidine groups is 2. The van der Waals surface area contributed by atoms with Gasteiger partial charge in [-0.15, -0.1) is 0 Å². The molecule has 0 atom stereocenters. The Hall–Kier alpha value is -1.14. The largest absolute Gasteiger partial charge is 0.379 e. The monoisotopic (exact) mass is 310 g/mol. The SMILES string of the molecule is CCSC(N)=NCc1cccc(CN=C(N)SCC)c1. The van der Waals surface area contributed by atoms with E-state index in [1.54, 1.807) is 23.5 Å². The second-order valence-electron chi connectivity index (χ2n) is 3.99. The number of hydrogen-bond acceptors (Lipinski definition) is 4. The molecule has 0 aromatic heterocycles. The Balaban J connectivity index is 2.62. The zero-order valence-electron chi connectivity index (χ0n) is 12.0. The van der Waals surface area contributed by atoms with Crippen molar-refractivity contribution in [1.82, 2.24) is 0 Å². The molecular weight excluding hydrogens is 288 g/mol. The summed E-state index contributed by atoms with van der Waals surface area (Å²) in [5.74, 6) is 1.89. The van der Waals surface area contributed by atoms with E-state index in [0.717, 1.165) is 22.6 Å². The van der Waals surface area contributed by atoms with Crippen LogP contribution in [0.4, 0.5) is 0 Å². The Morgan fingerprint density at radius 1 is 0.950 bits per heavy atom. The minimum absolute atomic E-state index is 0.607. The fourth-order valence-corrected chi connectivity index (χ4v) is 2.46. The fourth-order valence-electron chi connectivity index (χ4n) is 1.55. The first-order chi connectivity index (χ1) is 9.65. The van der Waals surface area contributed by atoms with Crippen molar-refractivity contribution >= 4 is 33.9 Å². The van der Waals surface area contributed by atoms with Gasteiger partial charge in [0.1, 0.15) is 0 Å². The molecule has 0 bridgehead atoms. The van der Waals surface area contributed by atoms with Crippen LogP contribution in [0.5, 0.6) is 0 Å². The van der Waals surface area contributed by atoms with Gasteiger partial charge >= 0.3 is 0 Å². The first-order valence-electron chi connectivity index (χ1n) is 6.59. The lowest BCUT2D eigenvalue weighted by Gasteiger charge is -2.03. The molecule has 0 aliphatic heterocycles. The molecule has 110 valence electrons. The topological polar surface area (TPSA) is 76.8 Å². The van der Waals surface area contributed by atoms with Crippen LogP contribution in [-0.2, 0) is 13.1 Å². The normalized spacial score (nSPS) is 12.7. The standard InChI is InChI=1S/C14H22N4S2/c1-3-19-13(15)17-9-11-6-5-7-12(8-11)10-18-14(16)20-4-2/h5-8H,3-4,9-10H2,1-2H3,(H2,15,17)(H2,16,18). The maximum absolute atomic E-state index is 5.77. The molecule has 0 saturated heterocycles. The van der Waals surface area contributed by atoms with Crippen LogP contribution < -0.4 is 11.5 Å². The van der Waals surface area contributed by atoms with E-state index in [9.17, 15) is 0 Å². The van der Waals surface area contributed by atoms with E-state index in [-0.39, 0.29) is 0 Å². The molecule has 6 heteroatoms. The highest BCUT2D eigenvalue weighted by molar-refractivity contribution is 8.14. The number of hydrogen-bond donors (Lipinski definition) is 2. The molecule has 1 aromatic carbocycles. The van der Waals surface area contributed by atoms with Crippen molar-refractivity contribution in [1.29, 1.82) is 0 Å². The van der Waals surface area contributed by atoms with Crippen molar-refractivity contribution in [2.24, 2.45) is 21.5 Å². The van der Waals surface area contributed by atoms with Crippen molar-refractivity contribution in [3.63, 3.8) is 0 Å². The molecule has 0 spiro atoms. The van der Waals surface area contributed by atoms with E-state index < -0.39 is 0 Å². The van der Waals surface area contributed by atoms with Gasteiger partial charge in [-0.1, -0.05) is 61.6 Å². The number of benzene rings is 1. The third-order valence-electron chi connectivity index (χ3n) is 2.41. The number of aliphatic imine (C=N–C) groups is 2. The predicted molar refractivity (Wildman–Crippen MR) is 93.4 cm³/mol. The summed E-state index contributed by atoms with van der Waals surface area (Å²) in [5, 5.41) is 1.28. The van der Waals surface area contributed by atoms with Crippen LogP contribution in [0.3, 0.4) is 0 Å². The van der Waals surface area contributed by atoms with Gasteiger partial charge in [0.2, 0.25) is 0 Å². The van der Waals surface area contributed by atoms with Crippen molar-refractivity contribution in [3.05, 3.63) is 35.4 Å². The average Bonchev–Trinajstić information content (AvgIpc) is 2.44. The molecular formula is C14H22N4S2. The summed E-state index contributed by atoms with van der Waals surface area (Å²) < 4.78 is 0. The summed E-state index contributed by atoms with van der Waals surface area (Å²) in [4.78, 5) is 8.69. The number of rotatable bonds is 6. The van der Waals surface area contributed by atoms with Gasteiger partial charge in [-0.2, -0.15) is 0 Å². The molecule has 0 radical (unpaired) electrons. The minimum atomic E-state index is 0.607. The molecule has 1 aromatic rings. The Morgan fingerprint density at radius 3 is 1.80 bits per heavy atom. The number of thioether (sulfide) groups is 2. The number of nitrogens with two attached hydrogens (primary N) is 2. The van der Waals surface area contributed by atoms with Gasteiger partial charge < -0.3 is 11.5 Å². The lowest BCUT2D eigenvalue weighted by Crippen LogP contribution is -2.07. The van der Waals surface area contributed by atoms with Gasteiger partial charge in [0.25, 0.3) is 0 Å². The molecule has 0 saturated carbocycles. The van der Waals surface area contributed by atoms with Gasteiger partial charge in [0, 0.05) is 0 Å². The molecule has 0 heterocycles. The number of nitrogens with zero attached hydrogens (tertiary/aromatic N) is 2. The quantitative estimate of drug-likeness (QED) is 0.625. The lowest BCUT2D eigenvalue weighted by molar-refractivity contribution is 1.03. The van der Waals surface area contributed by atoms with E-state index >= 15 is 0 Å². The highest BCUT2D eigenvalue weighted by Crippen LogP contribution is 2.10. The molecule has 4 N–H and O–H groups in total. The second-order valence-corrected chi connectivity index (χ2v) is 6.56. The first-order valence-corrected chi connectivity index (χ1v) is 8.56. The highest BCUT2D eigenvalue weighted by Gasteiger charge is 1.97. The third kappa shape index (κ3) is 6.86. The molecule has 0 unspecified atom stereocenters. The molecule has 0 amide bonds. The highest BCUT2D eigenvalue weighted by atomic mass is 32.2. The summed E-state index contributed by atoms with van der Waals surface area (Å²) in [6.45, 7) is 5.33. The molecule has 4 nitrogen and oxygen atoms in total. The van der Waals surface area contributed by atoms with Crippen LogP contribution in [0.2, 0.25) is 0 Å². The average molecular weight is 310 g/mol. The van der Waals surface area contributed by atoms with Gasteiger partial charge in [0.05, 0.1) is 13.1 Å².